The van der Waals surface area contributed by atoms with Crippen LogP contribution in [-0.4, -0.2) is 38.0 Å². The van der Waals surface area contributed by atoms with Crippen LogP contribution in [0.15, 0.2) is 0 Å². The minimum Gasteiger partial charge on any atom is -0.395 e. The highest BCUT2D eigenvalue weighted by atomic mass is 16.5. The van der Waals surface area contributed by atoms with Gasteiger partial charge < -0.3 is 15.2 Å². The molecule has 0 radical (unpaired) electrons. The van der Waals surface area contributed by atoms with Crippen molar-refractivity contribution in [2.24, 2.45) is 5.92 Å². The molecular formula is C8H17NO2. The Balaban J connectivity index is 1.90. The Hall–Kier alpha value is -0.120. The summed E-state index contributed by atoms with van der Waals surface area (Å²) >= 11 is 0. The molecule has 1 aliphatic rings. The molecule has 3 heteroatoms. The average molecular weight is 159 g/mol. The molecule has 0 spiro atoms. The van der Waals surface area contributed by atoms with Gasteiger partial charge in [0.1, 0.15) is 0 Å². The molecule has 0 aliphatic heterocycles. The van der Waals surface area contributed by atoms with Gasteiger partial charge in [-0.25, -0.2) is 0 Å². The number of nitrogens with one attached hydrogen (secondary N) is 1. The molecular weight excluding hydrogens is 142 g/mol. The van der Waals surface area contributed by atoms with E-state index in [1.165, 1.54) is 12.8 Å². The van der Waals surface area contributed by atoms with E-state index in [0.29, 0.717) is 6.61 Å². The number of likely N-dealkylation sites (N-methyl/N-ethyl adjacent to an activating group) is 1. The third-order valence-electron chi connectivity index (χ3n) is 2.00. The molecule has 1 atom stereocenters. The molecule has 0 bridgehead atoms. The highest BCUT2D eigenvalue weighted by Gasteiger charge is 2.21. The Labute approximate surface area is 67.7 Å². The van der Waals surface area contributed by atoms with Crippen LogP contribution < -0.4 is 5.32 Å². The molecule has 2 N–H and O–H groups in total. The van der Waals surface area contributed by atoms with Crippen LogP contribution in [0.2, 0.25) is 0 Å². The largest absolute Gasteiger partial charge is 0.395 e. The molecule has 1 unspecified atom stereocenters. The molecule has 0 aromatic rings. The van der Waals surface area contributed by atoms with Crippen molar-refractivity contribution in [3.63, 3.8) is 0 Å². The van der Waals surface area contributed by atoms with Crippen molar-refractivity contribution in [3.05, 3.63) is 0 Å². The molecule has 0 aromatic heterocycles. The number of aliphatic hydroxyl groups is 1. The first-order valence-electron chi connectivity index (χ1n) is 4.22. The van der Waals surface area contributed by atoms with Gasteiger partial charge >= 0.3 is 0 Å². The molecule has 0 aromatic carbocycles. The van der Waals surface area contributed by atoms with Gasteiger partial charge in [0, 0.05) is 6.61 Å². The van der Waals surface area contributed by atoms with Gasteiger partial charge in [0.15, 0.2) is 0 Å². The zero-order valence-electron chi connectivity index (χ0n) is 7.05. The van der Waals surface area contributed by atoms with Gasteiger partial charge in [0.2, 0.25) is 0 Å². The standard InChI is InChI=1S/C8H17NO2/c1-9-8(4-10)6-11-5-7-2-3-7/h7-10H,2-6H2,1H3. The summed E-state index contributed by atoms with van der Waals surface area (Å²) in [6.07, 6.45) is 2.65. The Morgan fingerprint density at radius 1 is 1.64 bits per heavy atom. The van der Waals surface area contributed by atoms with E-state index in [1.54, 1.807) is 0 Å². The molecule has 1 fully saturated rings. The lowest BCUT2D eigenvalue weighted by Gasteiger charge is -2.12. The van der Waals surface area contributed by atoms with Gasteiger partial charge in [-0.05, 0) is 25.8 Å². The van der Waals surface area contributed by atoms with Crippen LogP contribution >= 0.6 is 0 Å². The molecule has 66 valence electrons. The number of rotatable bonds is 6. The molecule has 1 rings (SSSR count). The van der Waals surface area contributed by atoms with E-state index in [1.807, 2.05) is 7.05 Å². The molecule has 1 saturated carbocycles. The second-order valence-electron chi connectivity index (χ2n) is 3.15. The van der Waals surface area contributed by atoms with Crippen molar-refractivity contribution in [2.75, 3.05) is 26.9 Å². The van der Waals surface area contributed by atoms with Crippen molar-refractivity contribution >= 4 is 0 Å². The second kappa shape index (κ2) is 4.70. The van der Waals surface area contributed by atoms with Crippen molar-refractivity contribution in [1.29, 1.82) is 0 Å². The van der Waals surface area contributed by atoms with Crippen molar-refractivity contribution < 1.29 is 9.84 Å². The monoisotopic (exact) mass is 159 g/mol. The minimum absolute atomic E-state index is 0.105. The SMILES string of the molecule is CNC(CO)COCC1CC1. The summed E-state index contributed by atoms with van der Waals surface area (Å²) in [5.41, 5.74) is 0. The molecule has 0 saturated heterocycles. The van der Waals surface area contributed by atoms with Gasteiger partial charge in [-0.3, -0.25) is 0 Å². The highest BCUT2D eigenvalue weighted by molar-refractivity contribution is 4.72. The van der Waals surface area contributed by atoms with Gasteiger partial charge in [0.05, 0.1) is 19.3 Å². The summed E-state index contributed by atoms with van der Waals surface area (Å²) in [5, 5.41) is 11.7. The lowest BCUT2D eigenvalue weighted by molar-refractivity contribution is 0.0846. The molecule has 1 aliphatic carbocycles. The predicted octanol–water partition coefficient (Wildman–Crippen LogP) is -0.00670. The van der Waals surface area contributed by atoms with Crippen LogP contribution in [0.5, 0.6) is 0 Å². The first-order valence-corrected chi connectivity index (χ1v) is 4.22. The Morgan fingerprint density at radius 3 is 2.82 bits per heavy atom. The van der Waals surface area contributed by atoms with Crippen LogP contribution in [0, 0.1) is 5.92 Å². The van der Waals surface area contributed by atoms with E-state index >= 15 is 0 Å². The first kappa shape index (κ1) is 8.97. The summed E-state index contributed by atoms with van der Waals surface area (Å²) in [6, 6.07) is 0.105. The summed E-state index contributed by atoms with van der Waals surface area (Å²) in [5.74, 6) is 0.811. The van der Waals surface area contributed by atoms with E-state index in [9.17, 15) is 0 Å². The third-order valence-corrected chi connectivity index (χ3v) is 2.00. The van der Waals surface area contributed by atoms with Crippen LogP contribution in [-0.2, 0) is 4.74 Å². The molecule has 11 heavy (non-hydrogen) atoms. The Kier molecular flexibility index (Phi) is 3.83. The van der Waals surface area contributed by atoms with E-state index in [2.05, 4.69) is 5.32 Å². The van der Waals surface area contributed by atoms with E-state index in [0.717, 1.165) is 12.5 Å². The zero-order chi connectivity index (χ0) is 8.10. The highest BCUT2D eigenvalue weighted by Crippen LogP contribution is 2.28. The van der Waals surface area contributed by atoms with E-state index < -0.39 is 0 Å². The topological polar surface area (TPSA) is 41.5 Å². The quantitative estimate of drug-likeness (QED) is 0.573. The normalized spacial score (nSPS) is 20.2. The minimum atomic E-state index is 0.105. The summed E-state index contributed by atoms with van der Waals surface area (Å²) in [6.45, 7) is 1.66. The van der Waals surface area contributed by atoms with Crippen LogP contribution in [0.4, 0.5) is 0 Å². The van der Waals surface area contributed by atoms with Crippen LogP contribution in [0.25, 0.3) is 0 Å². The zero-order valence-corrected chi connectivity index (χ0v) is 7.05. The molecule has 3 nitrogen and oxygen atoms in total. The number of hydrogen-bond acceptors (Lipinski definition) is 3. The van der Waals surface area contributed by atoms with Crippen molar-refractivity contribution in [2.45, 2.75) is 18.9 Å². The number of ether oxygens (including phenoxy) is 1. The van der Waals surface area contributed by atoms with Gasteiger partial charge in [-0.15, -0.1) is 0 Å². The van der Waals surface area contributed by atoms with Crippen LogP contribution in [0.1, 0.15) is 12.8 Å². The Morgan fingerprint density at radius 2 is 2.36 bits per heavy atom. The van der Waals surface area contributed by atoms with Crippen LogP contribution in [0.3, 0.4) is 0 Å². The Bertz CT molecular complexity index is 100. The van der Waals surface area contributed by atoms with Crippen molar-refractivity contribution in [3.8, 4) is 0 Å². The van der Waals surface area contributed by atoms with Gasteiger partial charge in [-0.2, -0.15) is 0 Å². The van der Waals surface area contributed by atoms with Gasteiger partial charge in [0.25, 0.3) is 0 Å². The second-order valence-corrected chi connectivity index (χ2v) is 3.15. The predicted molar refractivity (Wildman–Crippen MR) is 43.5 cm³/mol. The molecule has 0 amide bonds. The number of aliphatic hydroxyl groups excluding tert-OH is 1. The lowest BCUT2D eigenvalue weighted by atomic mass is 10.3. The van der Waals surface area contributed by atoms with E-state index in [4.69, 9.17) is 9.84 Å². The maximum absolute atomic E-state index is 8.76. The summed E-state index contributed by atoms with van der Waals surface area (Å²) in [4.78, 5) is 0. The fourth-order valence-corrected chi connectivity index (χ4v) is 0.889. The maximum Gasteiger partial charge on any atom is 0.0642 e. The fraction of sp³-hybridized carbons (Fsp3) is 1.00. The summed E-state index contributed by atoms with van der Waals surface area (Å²) < 4.78 is 5.38. The first-order chi connectivity index (χ1) is 5.36. The number of hydrogen-bond donors (Lipinski definition) is 2. The molecule has 0 heterocycles. The van der Waals surface area contributed by atoms with Gasteiger partial charge in [-0.1, -0.05) is 0 Å². The lowest BCUT2D eigenvalue weighted by Crippen LogP contribution is -2.33. The average Bonchev–Trinajstić information content (AvgIpc) is 2.82. The maximum atomic E-state index is 8.76. The smallest absolute Gasteiger partial charge is 0.0642 e. The third kappa shape index (κ3) is 3.70. The fourth-order valence-electron chi connectivity index (χ4n) is 0.889. The van der Waals surface area contributed by atoms with Crippen molar-refractivity contribution in [1.82, 2.24) is 5.32 Å². The summed E-state index contributed by atoms with van der Waals surface area (Å²) in [7, 11) is 1.83. The van der Waals surface area contributed by atoms with E-state index in [-0.39, 0.29) is 12.6 Å².